The van der Waals surface area contributed by atoms with Crippen molar-refractivity contribution in [3.63, 3.8) is 0 Å². The van der Waals surface area contributed by atoms with Gasteiger partial charge in [-0.15, -0.1) is 0 Å². The Balaban J connectivity index is 1.59. The standard InChI is InChI=1S/C18H18N4O4/c1-11-4-5-12(8-13(11)25-2)26-15-9-14(19-10-20-15)22-16(23)18(6-3-7-18)21-17(22)24/h4-5,8-10H,3,6-7H2,1-2H3,(H,21,24). The first-order valence-electron chi connectivity index (χ1n) is 8.34. The number of ether oxygens (including phenoxy) is 2. The summed E-state index contributed by atoms with van der Waals surface area (Å²) in [5.41, 5.74) is 0.223. The monoisotopic (exact) mass is 354 g/mol. The molecule has 1 aromatic heterocycles. The maximum absolute atomic E-state index is 12.6. The normalized spacial score (nSPS) is 17.8. The molecule has 0 bridgehead atoms. The van der Waals surface area contributed by atoms with E-state index in [1.54, 1.807) is 19.2 Å². The van der Waals surface area contributed by atoms with E-state index in [4.69, 9.17) is 9.47 Å². The number of carbonyl (C=O) groups excluding carboxylic acids is 2. The summed E-state index contributed by atoms with van der Waals surface area (Å²) in [7, 11) is 1.59. The molecule has 1 saturated carbocycles. The van der Waals surface area contributed by atoms with Crippen LogP contribution in [0.2, 0.25) is 0 Å². The van der Waals surface area contributed by atoms with Gasteiger partial charge in [-0.1, -0.05) is 6.07 Å². The summed E-state index contributed by atoms with van der Waals surface area (Å²) in [6, 6.07) is 6.41. The summed E-state index contributed by atoms with van der Waals surface area (Å²) >= 11 is 0. The van der Waals surface area contributed by atoms with E-state index in [1.165, 1.54) is 12.4 Å². The minimum atomic E-state index is -0.757. The van der Waals surface area contributed by atoms with Crippen molar-refractivity contribution in [2.45, 2.75) is 31.7 Å². The predicted octanol–water partition coefficient (Wildman–Crippen LogP) is 2.56. The molecule has 2 aromatic rings. The van der Waals surface area contributed by atoms with Gasteiger partial charge in [0.2, 0.25) is 5.88 Å². The molecule has 1 N–H and O–H groups in total. The minimum Gasteiger partial charge on any atom is -0.496 e. The summed E-state index contributed by atoms with van der Waals surface area (Å²) in [5, 5.41) is 2.78. The second-order valence-electron chi connectivity index (χ2n) is 6.45. The van der Waals surface area contributed by atoms with Crippen molar-refractivity contribution in [2.24, 2.45) is 0 Å². The molecule has 1 aliphatic heterocycles. The highest BCUT2D eigenvalue weighted by Gasteiger charge is 2.55. The maximum atomic E-state index is 12.6. The number of anilines is 1. The van der Waals surface area contributed by atoms with Crippen LogP contribution in [0.25, 0.3) is 0 Å². The Morgan fingerprint density at radius 3 is 2.65 bits per heavy atom. The third kappa shape index (κ3) is 2.54. The molecule has 1 aliphatic carbocycles. The average Bonchev–Trinajstić information content (AvgIpc) is 2.88. The van der Waals surface area contributed by atoms with Crippen LogP contribution in [0.1, 0.15) is 24.8 Å². The van der Waals surface area contributed by atoms with Gasteiger partial charge in [-0.3, -0.25) is 4.79 Å². The predicted molar refractivity (Wildman–Crippen MR) is 92.4 cm³/mol. The van der Waals surface area contributed by atoms with Crippen LogP contribution in [-0.4, -0.2) is 34.6 Å². The van der Waals surface area contributed by atoms with E-state index in [1.807, 2.05) is 13.0 Å². The number of hydrogen-bond donors (Lipinski definition) is 1. The van der Waals surface area contributed by atoms with Crippen LogP contribution in [0.4, 0.5) is 10.6 Å². The number of methoxy groups -OCH3 is 1. The van der Waals surface area contributed by atoms with Crippen LogP contribution in [0.15, 0.2) is 30.6 Å². The molecule has 2 aliphatic rings. The molecule has 8 heteroatoms. The van der Waals surface area contributed by atoms with Crippen LogP contribution >= 0.6 is 0 Å². The highest BCUT2D eigenvalue weighted by Crippen LogP contribution is 2.39. The number of urea groups is 1. The molecular formula is C18H18N4O4. The Bertz CT molecular complexity index is 895. The van der Waals surface area contributed by atoms with Crippen molar-refractivity contribution in [1.29, 1.82) is 0 Å². The number of carbonyl (C=O) groups is 2. The molecule has 4 rings (SSSR count). The molecule has 1 spiro atoms. The van der Waals surface area contributed by atoms with E-state index < -0.39 is 11.6 Å². The number of hydrogen-bond acceptors (Lipinski definition) is 6. The van der Waals surface area contributed by atoms with E-state index in [0.717, 1.165) is 16.9 Å². The van der Waals surface area contributed by atoms with Gasteiger partial charge in [-0.25, -0.2) is 19.7 Å². The SMILES string of the molecule is COc1cc(Oc2cc(N3C(=O)NC4(CCC4)C3=O)ncn2)ccc1C. The van der Waals surface area contributed by atoms with Crippen LogP contribution in [0.5, 0.6) is 17.4 Å². The molecule has 1 aromatic carbocycles. The zero-order valence-electron chi connectivity index (χ0n) is 14.5. The van der Waals surface area contributed by atoms with Gasteiger partial charge in [0.05, 0.1) is 7.11 Å². The first-order valence-corrected chi connectivity index (χ1v) is 8.34. The van der Waals surface area contributed by atoms with Crippen LogP contribution in [-0.2, 0) is 4.79 Å². The Morgan fingerprint density at radius 2 is 2.00 bits per heavy atom. The van der Waals surface area contributed by atoms with Crippen molar-refractivity contribution in [3.05, 3.63) is 36.2 Å². The van der Waals surface area contributed by atoms with Crippen molar-refractivity contribution < 1.29 is 19.1 Å². The molecule has 1 saturated heterocycles. The fraction of sp³-hybridized carbons (Fsp3) is 0.333. The topological polar surface area (TPSA) is 93.7 Å². The van der Waals surface area contributed by atoms with Gasteiger partial charge < -0.3 is 14.8 Å². The second-order valence-corrected chi connectivity index (χ2v) is 6.45. The van der Waals surface area contributed by atoms with Gasteiger partial charge in [0.25, 0.3) is 5.91 Å². The van der Waals surface area contributed by atoms with Crippen molar-refractivity contribution in [3.8, 4) is 17.4 Å². The summed E-state index contributed by atoms with van der Waals surface area (Å²) in [5.74, 6) is 1.38. The Hall–Kier alpha value is -3.16. The fourth-order valence-electron chi connectivity index (χ4n) is 3.19. The van der Waals surface area contributed by atoms with E-state index in [-0.39, 0.29) is 17.6 Å². The molecule has 0 unspecified atom stereocenters. The van der Waals surface area contributed by atoms with Crippen molar-refractivity contribution in [1.82, 2.24) is 15.3 Å². The third-order valence-electron chi connectivity index (χ3n) is 4.83. The van der Waals surface area contributed by atoms with E-state index in [0.29, 0.717) is 24.3 Å². The number of aryl methyl sites for hydroxylation is 1. The Kier molecular flexibility index (Phi) is 3.75. The number of nitrogens with one attached hydrogen (secondary N) is 1. The first-order chi connectivity index (χ1) is 12.5. The fourth-order valence-corrected chi connectivity index (χ4v) is 3.19. The third-order valence-corrected chi connectivity index (χ3v) is 4.83. The van der Waals surface area contributed by atoms with Crippen molar-refractivity contribution >= 4 is 17.8 Å². The van der Waals surface area contributed by atoms with Gasteiger partial charge in [0, 0.05) is 12.1 Å². The van der Waals surface area contributed by atoms with Gasteiger partial charge in [-0.05, 0) is 37.8 Å². The molecule has 2 fully saturated rings. The highest BCUT2D eigenvalue weighted by molar-refractivity contribution is 6.23. The highest BCUT2D eigenvalue weighted by atomic mass is 16.5. The second kappa shape index (κ2) is 5.98. The first kappa shape index (κ1) is 16.3. The Labute approximate surface area is 150 Å². The summed E-state index contributed by atoms with van der Waals surface area (Å²) in [6.45, 7) is 1.93. The van der Waals surface area contributed by atoms with Gasteiger partial charge in [-0.2, -0.15) is 0 Å². The lowest BCUT2D eigenvalue weighted by Crippen LogP contribution is -2.52. The Morgan fingerprint density at radius 1 is 1.19 bits per heavy atom. The van der Waals surface area contributed by atoms with E-state index >= 15 is 0 Å². The van der Waals surface area contributed by atoms with Crippen LogP contribution in [0, 0.1) is 6.92 Å². The van der Waals surface area contributed by atoms with Gasteiger partial charge in [0.15, 0.2) is 5.82 Å². The number of amides is 3. The molecule has 8 nitrogen and oxygen atoms in total. The van der Waals surface area contributed by atoms with Gasteiger partial charge >= 0.3 is 6.03 Å². The summed E-state index contributed by atoms with van der Waals surface area (Å²) < 4.78 is 11.0. The smallest absolute Gasteiger partial charge is 0.330 e. The largest absolute Gasteiger partial charge is 0.496 e. The summed E-state index contributed by atoms with van der Waals surface area (Å²) in [6.07, 6.45) is 3.51. The number of rotatable bonds is 4. The van der Waals surface area contributed by atoms with Gasteiger partial charge in [0.1, 0.15) is 23.4 Å². The summed E-state index contributed by atoms with van der Waals surface area (Å²) in [4.78, 5) is 34.1. The number of aromatic nitrogens is 2. The lowest BCUT2D eigenvalue weighted by molar-refractivity contribution is -0.124. The lowest BCUT2D eigenvalue weighted by atomic mass is 9.77. The molecular weight excluding hydrogens is 336 g/mol. The van der Waals surface area contributed by atoms with Crippen LogP contribution < -0.4 is 19.7 Å². The van der Waals surface area contributed by atoms with Crippen molar-refractivity contribution in [2.75, 3.05) is 12.0 Å². The zero-order chi connectivity index (χ0) is 18.3. The number of nitrogens with zero attached hydrogens (tertiary/aromatic N) is 3. The molecule has 26 heavy (non-hydrogen) atoms. The number of imide groups is 1. The van der Waals surface area contributed by atoms with E-state index in [2.05, 4.69) is 15.3 Å². The zero-order valence-corrected chi connectivity index (χ0v) is 14.5. The molecule has 0 radical (unpaired) electrons. The van der Waals surface area contributed by atoms with E-state index in [9.17, 15) is 9.59 Å². The molecule has 3 amide bonds. The minimum absolute atomic E-state index is 0.195. The van der Waals surface area contributed by atoms with Crippen LogP contribution in [0.3, 0.4) is 0 Å². The molecule has 134 valence electrons. The number of benzene rings is 1. The quantitative estimate of drug-likeness (QED) is 0.848. The maximum Gasteiger partial charge on any atom is 0.330 e. The molecule has 2 heterocycles. The average molecular weight is 354 g/mol. The lowest BCUT2D eigenvalue weighted by Gasteiger charge is -2.34. The molecule has 0 atom stereocenters.